The summed E-state index contributed by atoms with van der Waals surface area (Å²) in [6.07, 6.45) is 3.28. The predicted octanol–water partition coefficient (Wildman–Crippen LogP) is 1.01. The van der Waals surface area contributed by atoms with Gasteiger partial charge in [-0.1, -0.05) is 0 Å². The van der Waals surface area contributed by atoms with Crippen molar-refractivity contribution in [1.82, 2.24) is 15.1 Å². The van der Waals surface area contributed by atoms with Crippen LogP contribution in [0.15, 0.2) is 0 Å². The van der Waals surface area contributed by atoms with Gasteiger partial charge in [-0.15, -0.1) is 0 Å². The van der Waals surface area contributed by atoms with Crippen molar-refractivity contribution < 1.29 is 9.53 Å². The van der Waals surface area contributed by atoms with Crippen LogP contribution >= 0.6 is 0 Å². The molecule has 1 unspecified atom stereocenters. The van der Waals surface area contributed by atoms with Crippen LogP contribution in [0.4, 0.5) is 4.79 Å². The van der Waals surface area contributed by atoms with Crippen LogP contribution < -0.4 is 11.1 Å². The fraction of sp³-hybridized carbons (Fsp3) is 0.938. The van der Waals surface area contributed by atoms with Crippen molar-refractivity contribution in [3.05, 3.63) is 0 Å². The number of nitrogens with one attached hydrogen (secondary N) is 1. The van der Waals surface area contributed by atoms with E-state index in [1.165, 1.54) is 12.8 Å². The van der Waals surface area contributed by atoms with Crippen LogP contribution in [0.5, 0.6) is 0 Å². The molecular weight excluding hydrogens is 280 g/mol. The molecule has 2 fully saturated rings. The van der Waals surface area contributed by atoms with Crippen molar-refractivity contribution in [3.8, 4) is 0 Å². The van der Waals surface area contributed by atoms with E-state index in [4.69, 9.17) is 10.5 Å². The van der Waals surface area contributed by atoms with Gasteiger partial charge in [0.05, 0.1) is 0 Å². The van der Waals surface area contributed by atoms with Crippen LogP contribution in [-0.2, 0) is 4.74 Å². The maximum absolute atomic E-state index is 11.6. The molecule has 1 atom stereocenters. The van der Waals surface area contributed by atoms with Crippen molar-refractivity contribution in [3.63, 3.8) is 0 Å². The van der Waals surface area contributed by atoms with Crippen LogP contribution in [0.25, 0.3) is 0 Å². The van der Waals surface area contributed by atoms with Gasteiger partial charge in [0.15, 0.2) is 0 Å². The molecule has 128 valence electrons. The molecule has 0 aromatic heterocycles. The number of carbonyl (C=O) groups excluding carboxylic acids is 1. The van der Waals surface area contributed by atoms with E-state index in [0.29, 0.717) is 19.1 Å². The van der Waals surface area contributed by atoms with Gasteiger partial charge in [-0.3, -0.25) is 9.80 Å². The molecule has 22 heavy (non-hydrogen) atoms. The lowest BCUT2D eigenvalue weighted by molar-refractivity contribution is 0.0514. The number of rotatable bonds is 6. The van der Waals surface area contributed by atoms with Crippen LogP contribution in [0.2, 0.25) is 0 Å². The fourth-order valence-corrected chi connectivity index (χ4v) is 3.01. The number of carbonyl (C=O) groups is 1. The van der Waals surface area contributed by atoms with Gasteiger partial charge in [-0.25, -0.2) is 4.79 Å². The topological polar surface area (TPSA) is 70.8 Å². The molecule has 0 spiro atoms. The minimum Gasteiger partial charge on any atom is -0.444 e. The first-order valence-electron chi connectivity index (χ1n) is 8.54. The van der Waals surface area contributed by atoms with Gasteiger partial charge in [0, 0.05) is 51.4 Å². The standard InChI is InChI=1S/C16H32N4O2/c1-16(2,3)22-15(21)18-7-6-14(12-17)20-10-8-19(9-11-20)13-4-5-13/h13-14H,4-12,17H2,1-3H3,(H,18,21). The molecule has 1 aliphatic carbocycles. The second-order valence-corrected chi connectivity index (χ2v) is 7.41. The summed E-state index contributed by atoms with van der Waals surface area (Å²) in [4.78, 5) is 16.7. The first-order chi connectivity index (χ1) is 10.4. The highest BCUT2D eigenvalue weighted by Crippen LogP contribution is 2.27. The summed E-state index contributed by atoms with van der Waals surface area (Å²) in [6, 6.07) is 1.20. The van der Waals surface area contributed by atoms with Crippen LogP contribution in [0.1, 0.15) is 40.0 Å². The van der Waals surface area contributed by atoms with Gasteiger partial charge in [0.1, 0.15) is 5.60 Å². The van der Waals surface area contributed by atoms with Crippen molar-refractivity contribution in [2.24, 2.45) is 5.73 Å². The zero-order valence-electron chi connectivity index (χ0n) is 14.3. The highest BCUT2D eigenvalue weighted by atomic mass is 16.6. The van der Waals surface area contributed by atoms with Crippen LogP contribution in [-0.4, -0.2) is 72.8 Å². The Kier molecular flexibility index (Phi) is 6.06. The average molecular weight is 312 g/mol. The molecule has 3 N–H and O–H groups in total. The van der Waals surface area contributed by atoms with E-state index in [9.17, 15) is 4.79 Å². The van der Waals surface area contributed by atoms with Gasteiger partial charge in [0.2, 0.25) is 0 Å². The molecule has 1 amide bonds. The molecule has 0 radical (unpaired) electrons. The summed E-state index contributed by atoms with van der Waals surface area (Å²) < 4.78 is 5.24. The maximum atomic E-state index is 11.6. The minimum atomic E-state index is -0.448. The van der Waals surface area contributed by atoms with Gasteiger partial charge < -0.3 is 15.8 Å². The number of alkyl carbamates (subject to hydrolysis) is 1. The normalized spacial score (nSPS) is 22.4. The van der Waals surface area contributed by atoms with E-state index in [0.717, 1.165) is 38.6 Å². The summed E-state index contributed by atoms with van der Waals surface area (Å²) >= 11 is 0. The lowest BCUT2D eigenvalue weighted by Crippen LogP contribution is -2.53. The average Bonchev–Trinajstić information content (AvgIpc) is 3.26. The van der Waals surface area contributed by atoms with E-state index in [2.05, 4.69) is 15.1 Å². The Balaban J connectivity index is 1.65. The SMILES string of the molecule is CC(C)(C)OC(=O)NCCC(CN)N1CCN(C2CC2)CC1. The number of piperazine rings is 1. The minimum absolute atomic E-state index is 0.344. The Hall–Kier alpha value is -0.850. The number of amides is 1. The number of nitrogens with zero attached hydrogens (tertiary/aromatic N) is 2. The molecule has 1 aliphatic heterocycles. The lowest BCUT2D eigenvalue weighted by atomic mass is 10.1. The molecule has 6 heteroatoms. The van der Waals surface area contributed by atoms with Crippen LogP contribution in [0, 0.1) is 0 Å². The first-order valence-corrected chi connectivity index (χ1v) is 8.54. The zero-order valence-corrected chi connectivity index (χ0v) is 14.3. The number of hydrogen-bond acceptors (Lipinski definition) is 5. The van der Waals surface area contributed by atoms with Crippen molar-refractivity contribution in [2.45, 2.75) is 57.7 Å². The summed E-state index contributed by atoms with van der Waals surface area (Å²) in [7, 11) is 0. The molecule has 0 bridgehead atoms. The highest BCUT2D eigenvalue weighted by molar-refractivity contribution is 5.67. The van der Waals surface area contributed by atoms with Crippen molar-refractivity contribution in [1.29, 1.82) is 0 Å². The molecule has 0 aromatic carbocycles. The second-order valence-electron chi connectivity index (χ2n) is 7.41. The predicted molar refractivity (Wildman–Crippen MR) is 87.9 cm³/mol. The van der Waals surface area contributed by atoms with Crippen molar-refractivity contribution in [2.75, 3.05) is 39.3 Å². The largest absolute Gasteiger partial charge is 0.444 e. The van der Waals surface area contributed by atoms with Gasteiger partial charge in [-0.2, -0.15) is 0 Å². The lowest BCUT2D eigenvalue weighted by Gasteiger charge is -2.39. The summed E-state index contributed by atoms with van der Waals surface area (Å²) in [6.45, 7) is 11.3. The first kappa shape index (κ1) is 17.5. The Morgan fingerprint density at radius 2 is 1.91 bits per heavy atom. The molecule has 1 saturated carbocycles. The quantitative estimate of drug-likeness (QED) is 0.766. The van der Waals surface area contributed by atoms with Crippen molar-refractivity contribution >= 4 is 6.09 Å². The van der Waals surface area contributed by atoms with E-state index in [1.807, 2.05) is 20.8 Å². The Bertz CT molecular complexity index is 358. The third kappa shape index (κ3) is 5.74. The van der Waals surface area contributed by atoms with Gasteiger partial charge in [-0.05, 0) is 40.0 Å². The molecule has 2 aliphatic rings. The fourth-order valence-electron chi connectivity index (χ4n) is 3.01. The van der Waals surface area contributed by atoms with E-state index in [1.54, 1.807) is 0 Å². The van der Waals surface area contributed by atoms with E-state index < -0.39 is 5.60 Å². The molecule has 2 rings (SSSR count). The zero-order chi connectivity index (χ0) is 16.2. The maximum Gasteiger partial charge on any atom is 0.407 e. The Morgan fingerprint density at radius 3 is 2.41 bits per heavy atom. The Labute approximate surface area is 134 Å². The third-order valence-corrected chi connectivity index (χ3v) is 4.35. The highest BCUT2D eigenvalue weighted by Gasteiger charge is 2.32. The molecule has 1 saturated heterocycles. The van der Waals surface area contributed by atoms with Crippen LogP contribution in [0.3, 0.4) is 0 Å². The second kappa shape index (κ2) is 7.62. The Morgan fingerprint density at radius 1 is 1.27 bits per heavy atom. The monoisotopic (exact) mass is 312 g/mol. The molecular formula is C16H32N4O2. The summed E-state index contributed by atoms with van der Waals surface area (Å²) in [5.41, 5.74) is 5.48. The number of nitrogens with two attached hydrogens (primary N) is 1. The third-order valence-electron chi connectivity index (χ3n) is 4.35. The molecule has 6 nitrogen and oxygen atoms in total. The molecule has 1 heterocycles. The number of ether oxygens (including phenoxy) is 1. The van der Waals surface area contributed by atoms with Gasteiger partial charge in [0.25, 0.3) is 0 Å². The summed E-state index contributed by atoms with van der Waals surface area (Å²) in [5.74, 6) is 0. The summed E-state index contributed by atoms with van der Waals surface area (Å²) in [5, 5.41) is 2.83. The van der Waals surface area contributed by atoms with E-state index >= 15 is 0 Å². The smallest absolute Gasteiger partial charge is 0.407 e. The van der Waals surface area contributed by atoms with E-state index in [-0.39, 0.29) is 6.09 Å². The number of hydrogen-bond donors (Lipinski definition) is 2. The van der Waals surface area contributed by atoms with Gasteiger partial charge >= 0.3 is 6.09 Å². The molecule has 0 aromatic rings.